The summed E-state index contributed by atoms with van der Waals surface area (Å²) in [6.45, 7) is 14.3. The number of hydrogen-bond donors (Lipinski definition) is 2. The highest BCUT2D eigenvalue weighted by atomic mass is 16.3. The first-order valence-electron chi connectivity index (χ1n) is 7.87. The van der Waals surface area contributed by atoms with E-state index in [1.807, 2.05) is 38.1 Å². The molecule has 1 rings (SSSR count). The van der Waals surface area contributed by atoms with Crippen molar-refractivity contribution in [3.8, 4) is 0 Å². The summed E-state index contributed by atoms with van der Waals surface area (Å²) in [5.74, 6) is 0.169. The molecular formula is C19H29NO2. The highest BCUT2D eigenvalue weighted by molar-refractivity contribution is 6.03. The van der Waals surface area contributed by atoms with Crippen LogP contribution < -0.4 is 5.32 Å². The third-order valence-corrected chi connectivity index (χ3v) is 3.56. The number of carbonyl (C=O) groups excluding carboxylic acids is 1. The zero-order valence-corrected chi connectivity index (χ0v) is 14.4. The van der Waals surface area contributed by atoms with Crippen molar-refractivity contribution in [1.29, 1.82) is 0 Å². The minimum atomic E-state index is -0.512. The maximum atomic E-state index is 12.1. The standard InChI is InChI=1S/C19H29NO2/c1-13(2)11-17(21)12-14(3)18(22)20-16-9-7-15(8-10-16)19(4,5)6/h7-10,13,17,21H,3,11-12H2,1-2,4-6H3,(H,20,22)/t17-/m1/s1. The minimum absolute atomic E-state index is 0.0904. The zero-order chi connectivity index (χ0) is 16.9. The Labute approximate surface area is 134 Å². The van der Waals surface area contributed by atoms with E-state index < -0.39 is 6.10 Å². The van der Waals surface area contributed by atoms with Crippen LogP contribution in [0.1, 0.15) is 53.0 Å². The molecule has 3 nitrogen and oxygen atoms in total. The molecular weight excluding hydrogens is 274 g/mol. The quantitative estimate of drug-likeness (QED) is 0.771. The molecule has 2 N–H and O–H groups in total. The summed E-state index contributed by atoms with van der Waals surface area (Å²) >= 11 is 0. The molecule has 0 aliphatic heterocycles. The largest absolute Gasteiger partial charge is 0.393 e. The number of nitrogens with one attached hydrogen (secondary N) is 1. The van der Waals surface area contributed by atoms with Crippen LogP contribution in [0, 0.1) is 5.92 Å². The van der Waals surface area contributed by atoms with Gasteiger partial charge in [-0.05, 0) is 35.4 Å². The summed E-state index contributed by atoms with van der Waals surface area (Å²) in [4.78, 5) is 12.1. The Kier molecular flexibility index (Phi) is 6.36. The molecule has 0 aromatic heterocycles. The molecule has 1 amide bonds. The van der Waals surface area contributed by atoms with E-state index in [0.29, 0.717) is 24.3 Å². The van der Waals surface area contributed by atoms with Crippen LogP contribution in [0.5, 0.6) is 0 Å². The number of amides is 1. The lowest BCUT2D eigenvalue weighted by atomic mass is 9.87. The molecule has 1 aromatic rings. The van der Waals surface area contributed by atoms with Crippen LogP contribution in [0.3, 0.4) is 0 Å². The maximum Gasteiger partial charge on any atom is 0.251 e. The van der Waals surface area contributed by atoms with E-state index >= 15 is 0 Å². The van der Waals surface area contributed by atoms with Gasteiger partial charge >= 0.3 is 0 Å². The van der Waals surface area contributed by atoms with Crippen molar-refractivity contribution >= 4 is 11.6 Å². The molecule has 1 atom stereocenters. The molecule has 0 spiro atoms. The van der Waals surface area contributed by atoms with Gasteiger partial charge in [-0.1, -0.05) is 53.3 Å². The van der Waals surface area contributed by atoms with Gasteiger partial charge in [0.2, 0.25) is 0 Å². The molecule has 0 saturated carbocycles. The Balaban J connectivity index is 2.59. The Hall–Kier alpha value is -1.61. The van der Waals surface area contributed by atoms with E-state index in [4.69, 9.17) is 0 Å². The average molecular weight is 303 g/mol. The lowest BCUT2D eigenvalue weighted by Gasteiger charge is -2.19. The van der Waals surface area contributed by atoms with Gasteiger partial charge in [0, 0.05) is 17.7 Å². The van der Waals surface area contributed by atoms with Crippen LogP contribution in [-0.4, -0.2) is 17.1 Å². The number of rotatable bonds is 6. The molecule has 0 fully saturated rings. The van der Waals surface area contributed by atoms with Gasteiger partial charge in [-0.3, -0.25) is 4.79 Å². The Morgan fingerprint density at radius 1 is 1.23 bits per heavy atom. The van der Waals surface area contributed by atoms with Gasteiger partial charge in [0.1, 0.15) is 0 Å². The second kappa shape index (κ2) is 7.59. The number of benzene rings is 1. The lowest BCUT2D eigenvalue weighted by Crippen LogP contribution is -2.19. The molecule has 1 aromatic carbocycles. The fourth-order valence-electron chi connectivity index (χ4n) is 2.28. The summed E-state index contributed by atoms with van der Waals surface area (Å²) in [6.07, 6.45) is 0.470. The van der Waals surface area contributed by atoms with Crippen molar-refractivity contribution < 1.29 is 9.90 Å². The van der Waals surface area contributed by atoms with Crippen molar-refractivity contribution in [3.63, 3.8) is 0 Å². The van der Waals surface area contributed by atoms with Crippen molar-refractivity contribution in [2.24, 2.45) is 5.92 Å². The number of anilines is 1. The third kappa shape index (κ3) is 6.02. The predicted octanol–water partition coefficient (Wildman–Crippen LogP) is 4.28. The summed E-state index contributed by atoms with van der Waals surface area (Å²) in [5, 5.41) is 12.7. The smallest absolute Gasteiger partial charge is 0.251 e. The third-order valence-electron chi connectivity index (χ3n) is 3.56. The molecule has 0 aliphatic carbocycles. The molecule has 0 saturated heterocycles. The monoisotopic (exact) mass is 303 g/mol. The molecule has 22 heavy (non-hydrogen) atoms. The molecule has 122 valence electrons. The van der Waals surface area contributed by atoms with Gasteiger partial charge < -0.3 is 10.4 Å². The van der Waals surface area contributed by atoms with E-state index in [2.05, 4.69) is 32.7 Å². The van der Waals surface area contributed by atoms with Crippen molar-refractivity contribution in [1.82, 2.24) is 0 Å². The van der Waals surface area contributed by atoms with Gasteiger partial charge in [-0.15, -0.1) is 0 Å². The fourth-order valence-corrected chi connectivity index (χ4v) is 2.28. The topological polar surface area (TPSA) is 49.3 Å². The van der Waals surface area contributed by atoms with Gasteiger partial charge in [0.25, 0.3) is 5.91 Å². The first kappa shape index (κ1) is 18.4. The molecule has 0 radical (unpaired) electrons. The van der Waals surface area contributed by atoms with Crippen LogP contribution in [0.2, 0.25) is 0 Å². The van der Waals surface area contributed by atoms with Crippen LogP contribution >= 0.6 is 0 Å². The summed E-state index contributed by atoms with van der Waals surface area (Å²) in [5.41, 5.74) is 2.47. The Morgan fingerprint density at radius 3 is 2.23 bits per heavy atom. The summed E-state index contributed by atoms with van der Waals surface area (Å²) in [7, 11) is 0. The number of carbonyl (C=O) groups is 1. The van der Waals surface area contributed by atoms with E-state index in [0.717, 1.165) is 5.69 Å². The summed E-state index contributed by atoms with van der Waals surface area (Å²) < 4.78 is 0. The Bertz CT molecular complexity index is 509. The van der Waals surface area contributed by atoms with Crippen LogP contribution in [0.4, 0.5) is 5.69 Å². The second-order valence-corrected chi connectivity index (χ2v) is 7.37. The van der Waals surface area contributed by atoms with Gasteiger partial charge in [-0.2, -0.15) is 0 Å². The molecule has 0 heterocycles. The molecule has 3 heteroatoms. The summed E-state index contributed by atoms with van der Waals surface area (Å²) in [6, 6.07) is 7.84. The first-order valence-corrected chi connectivity index (χ1v) is 7.87. The van der Waals surface area contributed by atoms with Crippen molar-refractivity contribution in [3.05, 3.63) is 42.0 Å². The number of aliphatic hydroxyl groups excluding tert-OH is 1. The number of aliphatic hydroxyl groups is 1. The van der Waals surface area contributed by atoms with E-state index in [1.165, 1.54) is 5.56 Å². The van der Waals surface area contributed by atoms with Gasteiger partial charge in [0.05, 0.1) is 6.10 Å². The minimum Gasteiger partial charge on any atom is -0.393 e. The molecule has 0 unspecified atom stereocenters. The van der Waals surface area contributed by atoms with Gasteiger partial charge in [0.15, 0.2) is 0 Å². The zero-order valence-electron chi connectivity index (χ0n) is 14.4. The molecule has 0 bridgehead atoms. The van der Waals surface area contributed by atoms with Crippen LogP contribution in [-0.2, 0) is 10.2 Å². The molecule has 0 aliphatic rings. The highest BCUT2D eigenvalue weighted by Gasteiger charge is 2.15. The van der Waals surface area contributed by atoms with Gasteiger partial charge in [-0.25, -0.2) is 0 Å². The normalized spacial score (nSPS) is 13.0. The van der Waals surface area contributed by atoms with E-state index in [-0.39, 0.29) is 11.3 Å². The van der Waals surface area contributed by atoms with Crippen molar-refractivity contribution in [2.75, 3.05) is 5.32 Å². The van der Waals surface area contributed by atoms with E-state index in [1.54, 1.807) is 0 Å². The number of hydrogen-bond acceptors (Lipinski definition) is 2. The van der Waals surface area contributed by atoms with Crippen molar-refractivity contribution in [2.45, 2.75) is 59.0 Å². The first-order chi connectivity index (χ1) is 10.1. The second-order valence-electron chi connectivity index (χ2n) is 7.37. The SMILES string of the molecule is C=C(C[C@H](O)CC(C)C)C(=O)Nc1ccc(C(C)(C)C)cc1. The average Bonchev–Trinajstić information content (AvgIpc) is 2.36. The highest BCUT2D eigenvalue weighted by Crippen LogP contribution is 2.23. The predicted molar refractivity (Wildman–Crippen MR) is 93.0 cm³/mol. The maximum absolute atomic E-state index is 12.1. The van der Waals surface area contributed by atoms with E-state index in [9.17, 15) is 9.90 Å². The fraction of sp³-hybridized carbons (Fsp3) is 0.526. The van der Waals surface area contributed by atoms with Crippen LogP contribution in [0.25, 0.3) is 0 Å². The Morgan fingerprint density at radius 2 is 1.77 bits per heavy atom. The van der Waals surface area contributed by atoms with Crippen LogP contribution in [0.15, 0.2) is 36.4 Å². The lowest BCUT2D eigenvalue weighted by molar-refractivity contribution is -0.113.